The second kappa shape index (κ2) is 19.1. The summed E-state index contributed by atoms with van der Waals surface area (Å²) in [4.78, 5) is 46.4. The van der Waals surface area contributed by atoms with Crippen LogP contribution in [0.25, 0.3) is 0 Å². The highest BCUT2D eigenvalue weighted by Crippen LogP contribution is 2.23. The fraction of sp³-hybridized carbons (Fsp3) is 0.500. The molecule has 14 heteroatoms. The zero-order valence-corrected chi connectivity index (χ0v) is 31.0. The molecule has 0 bridgehead atoms. The van der Waals surface area contributed by atoms with Crippen molar-refractivity contribution in [3.63, 3.8) is 0 Å². The molecule has 4 aromatic rings. The lowest BCUT2D eigenvalue weighted by Gasteiger charge is -2.22. The minimum Gasteiger partial charge on any atom is -0.380 e. The van der Waals surface area contributed by atoms with E-state index in [0.29, 0.717) is 22.1 Å². The van der Waals surface area contributed by atoms with Crippen LogP contribution in [0, 0.1) is 25.7 Å². The third-order valence-electron chi connectivity index (χ3n) is 8.25. The quantitative estimate of drug-likeness (QED) is 0.217. The van der Waals surface area contributed by atoms with Crippen molar-refractivity contribution in [1.82, 2.24) is 29.7 Å². The van der Waals surface area contributed by atoms with Crippen molar-refractivity contribution in [1.29, 1.82) is 0 Å². The highest BCUT2D eigenvalue weighted by molar-refractivity contribution is 7.16. The molecule has 2 saturated heterocycles. The number of hydrogen-bond acceptors (Lipinski definition) is 12. The zero-order valence-electron chi connectivity index (χ0n) is 29.4. The first-order chi connectivity index (χ1) is 24.2. The number of ether oxygens (including phenoxy) is 2. The standard InChI is InChI=1S/2C18H24N4O2S.2H2/c2*1-13-7-15(3-4-19-13)8-16-10-22(5-6-24-12-16)11-17-9-20-18(25-17)21-14(2)23;;/h2*3-4,7,9,16H,5-6,8,10-12H2,1-2H3,(H,20,21,23);2*1H/t2*16-;;/m10../s1. The number of aryl methyl sites for hydroxylation is 2. The van der Waals surface area contributed by atoms with Crippen molar-refractivity contribution in [2.75, 3.05) is 63.2 Å². The van der Waals surface area contributed by atoms with Gasteiger partial charge in [-0.1, -0.05) is 0 Å². The first-order valence-electron chi connectivity index (χ1n) is 17.0. The normalized spacial score (nSPS) is 18.7. The molecule has 2 fully saturated rings. The molecule has 0 saturated carbocycles. The van der Waals surface area contributed by atoms with Crippen molar-refractivity contribution >= 4 is 44.8 Å². The number of hydrogen-bond donors (Lipinski definition) is 2. The molecule has 0 spiro atoms. The lowest BCUT2D eigenvalue weighted by atomic mass is 10.00. The van der Waals surface area contributed by atoms with Gasteiger partial charge in [0, 0.05) is 102 Å². The van der Waals surface area contributed by atoms with Crippen LogP contribution in [0.2, 0.25) is 0 Å². The van der Waals surface area contributed by atoms with E-state index in [1.54, 1.807) is 0 Å². The van der Waals surface area contributed by atoms with E-state index in [4.69, 9.17) is 9.47 Å². The van der Waals surface area contributed by atoms with Gasteiger partial charge in [-0.3, -0.25) is 29.4 Å². The smallest absolute Gasteiger partial charge is 0.223 e. The van der Waals surface area contributed by atoms with Crippen LogP contribution in [0.15, 0.2) is 49.1 Å². The Labute approximate surface area is 305 Å². The Morgan fingerprint density at radius 3 is 1.60 bits per heavy atom. The molecular weight excluding hydrogens is 673 g/mol. The summed E-state index contributed by atoms with van der Waals surface area (Å²) in [5.74, 6) is 0.757. The second-order valence-electron chi connectivity index (χ2n) is 13.0. The van der Waals surface area contributed by atoms with Crippen LogP contribution in [0.5, 0.6) is 0 Å². The van der Waals surface area contributed by atoms with Gasteiger partial charge in [-0.15, -0.1) is 22.7 Å². The minimum absolute atomic E-state index is 0. The molecule has 12 nitrogen and oxygen atoms in total. The first-order valence-corrected chi connectivity index (χ1v) is 18.7. The number of rotatable bonds is 10. The van der Waals surface area contributed by atoms with Gasteiger partial charge in [0.1, 0.15) is 0 Å². The summed E-state index contributed by atoms with van der Waals surface area (Å²) in [7, 11) is 0. The average Bonchev–Trinajstić information content (AvgIpc) is 3.53. The minimum atomic E-state index is -0.0863. The van der Waals surface area contributed by atoms with E-state index < -0.39 is 0 Å². The molecule has 6 heterocycles. The SMILES string of the molecule is CC(=O)Nc1ncc(CN2CCOC[C@@H](Cc3ccnc(C)c3)C2)s1.CC(=O)Nc1ncc(CN2CCOC[C@H](Cc3ccnc(C)c3)C2)s1.[HH].[HH]. The van der Waals surface area contributed by atoms with Crippen molar-refractivity contribution in [3.8, 4) is 0 Å². The van der Waals surface area contributed by atoms with Crippen LogP contribution in [-0.4, -0.2) is 94.2 Å². The number of nitrogens with zero attached hydrogens (tertiary/aromatic N) is 6. The Bertz CT molecular complexity index is 1570. The van der Waals surface area contributed by atoms with Crippen LogP contribution in [-0.2, 0) is 45.0 Å². The van der Waals surface area contributed by atoms with Crippen LogP contribution in [0.3, 0.4) is 0 Å². The predicted octanol–water partition coefficient (Wildman–Crippen LogP) is 5.48. The van der Waals surface area contributed by atoms with Crippen molar-refractivity contribution in [2.45, 2.75) is 53.6 Å². The highest BCUT2D eigenvalue weighted by Gasteiger charge is 2.22. The Balaban J connectivity index is 0.000000270. The third kappa shape index (κ3) is 12.9. The van der Waals surface area contributed by atoms with Gasteiger partial charge < -0.3 is 20.1 Å². The van der Waals surface area contributed by atoms with Crippen LogP contribution in [0.4, 0.5) is 10.3 Å². The number of aromatic nitrogens is 4. The molecule has 4 aromatic heterocycles. The molecule has 2 atom stereocenters. The zero-order chi connectivity index (χ0) is 35.3. The Kier molecular flexibility index (Phi) is 14.3. The van der Waals surface area contributed by atoms with Crippen molar-refractivity contribution in [3.05, 3.63) is 81.3 Å². The third-order valence-corrected chi connectivity index (χ3v) is 10.0. The molecular formula is C36H52N8O4S2. The summed E-state index contributed by atoms with van der Waals surface area (Å²) in [6, 6.07) is 8.48. The Morgan fingerprint density at radius 1 is 0.760 bits per heavy atom. The molecule has 0 radical (unpaired) electrons. The Hall–Kier alpha value is -3.66. The summed E-state index contributed by atoms with van der Waals surface area (Å²) in [6.07, 6.45) is 9.45. The maximum atomic E-state index is 11.1. The number of amides is 2. The van der Waals surface area contributed by atoms with E-state index in [0.717, 1.165) is 99.7 Å². The van der Waals surface area contributed by atoms with Gasteiger partial charge in [-0.2, -0.15) is 0 Å². The maximum absolute atomic E-state index is 11.1. The number of anilines is 2. The number of carbonyl (C=O) groups is 2. The van der Waals surface area contributed by atoms with Gasteiger partial charge in [-0.05, 0) is 73.9 Å². The molecule has 2 amide bonds. The highest BCUT2D eigenvalue weighted by atomic mass is 32.1. The van der Waals surface area contributed by atoms with Crippen LogP contribution in [0.1, 0.15) is 49.0 Å². The van der Waals surface area contributed by atoms with Gasteiger partial charge in [0.2, 0.25) is 11.8 Å². The van der Waals surface area contributed by atoms with Gasteiger partial charge in [0.05, 0.1) is 26.4 Å². The van der Waals surface area contributed by atoms with Gasteiger partial charge >= 0.3 is 0 Å². The lowest BCUT2D eigenvalue weighted by molar-refractivity contribution is -0.115. The molecule has 6 rings (SSSR count). The predicted molar refractivity (Wildman–Crippen MR) is 202 cm³/mol. The van der Waals surface area contributed by atoms with E-state index in [2.05, 4.69) is 64.6 Å². The second-order valence-corrected chi connectivity index (χ2v) is 15.2. The topological polar surface area (TPSA) is 135 Å². The summed E-state index contributed by atoms with van der Waals surface area (Å²) in [5.41, 5.74) is 4.74. The number of pyridine rings is 2. The molecule has 2 aliphatic heterocycles. The summed E-state index contributed by atoms with van der Waals surface area (Å²) < 4.78 is 11.6. The Morgan fingerprint density at radius 2 is 1.20 bits per heavy atom. The maximum Gasteiger partial charge on any atom is 0.223 e. The van der Waals surface area contributed by atoms with Crippen LogP contribution < -0.4 is 10.6 Å². The number of thiazole rings is 2. The van der Waals surface area contributed by atoms with E-state index >= 15 is 0 Å². The summed E-state index contributed by atoms with van der Waals surface area (Å²) >= 11 is 3.07. The van der Waals surface area contributed by atoms with Crippen molar-refractivity contribution in [2.24, 2.45) is 11.8 Å². The van der Waals surface area contributed by atoms with Gasteiger partial charge in [0.15, 0.2) is 10.3 Å². The fourth-order valence-electron chi connectivity index (χ4n) is 6.19. The molecule has 0 aliphatic carbocycles. The number of nitrogens with one attached hydrogen (secondary N) is 2. The fourth-order valence-corrected chi connectivity index (χ4v) is 7.99. The summed E-state index contributed by atoms with van der Waals surface area (Å²) in [5, 5.41) is 6.81. The molecule has 50 heavy (non-hydrogen) atoms. The van der Waals surface area contributed by atoms with Gasteiger partial charge in [0.25, 0.3) is 0 Å². The van der Waals surface area contributed by atoms with E-state index in [1.165, 1.54) is 47.6 Å². The van der Waals surface area contributed by atoms with E-state index in [9.17, 15) is 9.59 Å². The lowest BCUT2D eigenvalue weighted by Crippen LogP contribution is -2.30. The molecule has 2 N–H and O–H groups in total. The van der Waals surface area contributed by atoms with Crippen molar-refractivity contribution < 1.29 is 21.9 Å². The molecule has 2 aliphatic rings. The van der Waals surface area contributed by atoms with E-state index in [1.807, 2.05) is 38.6 Å². The monoisotopic (exact) mass is 724 g/mol. The summed E-state index contributed by atoms with van der Waals surface area (Å²) in [6.45, 7) is 15.6. The molecule has 0 aromatic carbocycles. The van der Waals surface area contributed by atoms with E-state index in [-0.39, 0.29) is 14.7 Å². The van der Waals surface area contributed by atoms with Crippen LogP contribution >= 0.6 is 22.7 Å². The number of carbonyl (C=O) groups excluding carboxylic acids is 2. The first kappa shape index (κ1) is 37.6. The molecule has 0 unspecified atom stereocenters. The van der Waals surface area contributed by atoms with Gasteiger partial charge in [-0.25, -0.2) is 9.97 Å². The molecule has 272 valence electrons. The largest absolute Gasteiger partial charge is 0.380 e. The average molecular weight is 725 g/mol.